The molecule has 1 aromatic carbocycles. The summed E-state index contributed by atoms with van der Waals surface area (Å²) in [5.41, 5.74) is 0.410. The van der Waals surface area contributed by atoms with E-state index < -0.39 is 17.8 Å². The molecule has 21 heavy (non-hydrogen) atoms. The van der Waals surface area contributed by atoms with Crippen molar-refractivity contribution < 1.29 is 14.0 Å². The number of amides is 3. The molecule has 0 atom stereocenters. The molecule has 0 aliphatic heterocycles. The number of carbonyl (C=O) groups excluding carboxylic acids is 2. The summed E-state index contributed by atoms with van der Waals surface area (Å²) >= 11 is 3.25. The zero-order valence-electron chi connectivity index (χ0n) is 10.8. The van der Waals surface area contributed by atoms with Gasteiger partial charge in [0.25, 0.3) is 5.91 Å². The van der Waals surface area contributed by atoms with Crippen LogP contribution < -0.4 is 10.6 Å². The number of benzene rings is 1. The van der Waals surface area contributed by atoms with Crippen molar-refractivity contribution in [2.24, 2.45) is 0 Å². The summed E-state index contributed by atoms with van der Waals surface area (Å²) in [6.45, 7) is -0.284. The van der Waals surface area contributed by atoms with E-state index in [1.165, 1.54) is 25.2 Å². The van der Waals surface area contributed by atoms with Crippen LogP contribution in [0.3, 0.4) is 0 Å². The summed E-state index contributed by atoms with van der Waals surface area (Å²) in [7, 11) is 1.38. The minimum absolute atomic E-state index is 0.161. The van der Waals surface area contributed by atoms with Crippen LogP contribution in [0.1, 0.15) is 0 Å². The Morgan fingerprint density at radius 2 is 2.19 bits per heavy atom. The van der Waals surface area contributed by atoms with Crippen molar-refractivity contribution in [1.82, 2.24) is 30.8 Å². The number of imide groups is 1. The SMILES string of the molecule is CNC(=O)NC(=O)Cn1nnc(-c2cc(F)ccc2Br)n1. The van der Waals surface area contributed by atoms with Crippen LogP contribution in [-0.4, -0.2) is 39.2 Å². The number of hydrogen-bond acceptors (Lipinski definition) is 5. The lowest BCUT2D eigenvalue weighted by Crippen LogP contribution is -2.39. The molecule has 2 aromatic rings. The highest BCUT2D eigenvalue weighted by Gasteiger charge is 2.13. The Bertz CT molecular complexity index is 689. The van der Waals surface area contributed by atoms with E-state index in [1.807, 2.05) is 0 Å². The van der Waals surface area contributed by atoms with Gasteiger partial charge in [0, 0.05) is 17.1 Å². The van der Waals surface area contributed by atoms with Crippen molar-refractivity contribution in [2.75, 3.05) is 7.05 Å². The summed E-state index contributed by atoms with van der Waals surface area (Å²) < 4.78 is 13.8. The second kappa shape index (κ2) is 6.39. The smallest absolute Gasteiger partial charge is 0.321 e. The fourth-order valence-corrected chi connectivity index (χ4v) is 1.87. The maximum atomic E-state index is 13.2. The van der Waals surface area contributed by atoms with Crippen molar-refractivity contribution in [1.29, 1.82) is 0 Å². The number of aromatic nitrogens is 4. The first kappa shape index (κ1) is 15.0. The van der Waals surface area contributed by atoms with E-state index in [1.54, 1.807) is 0 Å². The van der Waals surface area contributed by atoms with Crippen LogP contribution in [0, 0.1) is 5.82 Å². The van der Waals surface area contributed by atoms with Crippen LogP contribution in [0.5, 0.6) is 0 Å². The van der Waals surface area contributed by atoms with Crippen LogP contribution in [0.15, 0.2) is 22.7 Å². The number of halogens is 2. The van der Waals surface area contributed by atoms with Crippen LogP contribution >= 0.6 is 15.9 Å². The fourth-order valence-electron chi connectivity index (χ4n) is 1.44. The summed E-state index contributed by atoms with van der Waals surface area (Å²) in [4.78, 5) is 23.4. The number of hydrogen-bond donors (Lipinski definition) is 2. The topological polar surface area (TPSA) is 102 Å². The standard InChI is InChI=1S/C11H10BrFN6O2/c1-14-11(21)15-9(20)5-19-17-10(16-18-19)7-4-6(13)2-3-8(7)12/h2-4H,5H2,1H3,(H2,14,15,20,21). The van der Waals surface area contributed by atoms with Crippen molar-refractivity contribution >= 4 is 27.9 Å². The third kappa shape index (κ3) is 3.81. The molecule has 8 nitrogen and oxygen atoms in total. The molecular weight excluding hydrogens is 347 g/mol. The highest BCUT2D eigenvalue weighted by atomic mass is 79.9. The van der Waals surface area contributed by atoms with Crippen molar-refractivity contribution in [2.45, 2.75) is 6.54 Å². The molecule has 110 valence electrons. The molecule has 2 N–H and O–H groups in total. The predicted octanol–water partition coefficient (Wildman–Crippen LogP) is 0.697. The van der Waals surface area contributed by atoms with Crippen molar-refractivity contribution in [3.05, 3.63) is 28.5 Å². The number of urea groups is 1. The predicted molar refractivity (Wildman–Crippen MR) is 73.5 cm³/mol. The van der Waals surface area contributed by atoms with E-state index in [4.69, 9.17) is 0 Å². The second-order valence-electron chi connectivity index (χ2n) is 3.89. The molecule has 0 unspecified atom stereocenters. The van der Waals surface area contributed by atoms with Crippen molar-refractivity contribution in [3.63, 3.8) is 0 Å². The number of rotatable bonds is 3. The Labute approximate surface area is 126 Å². The molecule has 0 bridgehead atoms. The quantitative estimate of drug-likeness (QED) is 0.842. The maximum absolute atomic E-state index is 13.2. The largest absolute Gasteiger partial charge is 0.341 e. The van der Waals surface area contributed by atoms with Crippen LogP contribution in [0.4, 0.5) is 9.18 Å². The Kier molecular flexibility index (Phi) is 4.58. The van der Waals surface area contributed by atoms with Gasteiger partial charge in [0.1, 0.15) is 12.4 Å². The monoisotopic (exact) mass is 356 g/mol. The van der Waals surface area contributed by atoms with E-state index in [0.717, 1.165) is 4.80 Å². The van der Waals surface area contributed by atoms with Gasteiger partial charge in [-0.1, -0.05) is 15.9 Å². The Balaban J connectivity index is 2.13. The van der Waals surface area contributed by atoms with Gasteiger partial charge in [0.15, 0.2) is 0 Å². The van der Waals surface area contributed by atoms with Gasteiger partial charge in [0.2, 0.25) is 5.82 Å². The van der Waals surface area contributed by atoms with Crippen LogP contribution in [-0.2, 0) is 11.3 Å². The molecule has 0 saturated carbocycles. The molecule has 0 spiro atoms. The van der Waals surface area contributed by atoms with Gasteiger partial charge in [-0.2, -0.15) is 4.80 Å². The minimum atomic E-state index is -0.631. The fraction of sp³-hybridized carbons (Fsp3) is 0.182. The molecule has 10 heteroatoms. The first-order valence-electron chi connectivity index (χ1n) is 5.74. The molecule has 0 aliphatic carbocycles. The zero-order chi connectivity index (χ0) is 15.4. The summed E-state index contributed by atoms with van der Waals surface area (Å²) in [5, 5.41) is 15.7. The molecule has 1 aromatic heterocycles. The zero-order valence-corrected chi connectivity index (χ0v) is 12.4. The summed E-state index contributed by atoms with van der Waals surface area (Å²) in [6, 6.07) is 3.42. The Morgan fingerprint density at radius 3 is 2.90 bits per heavy atom. The van der Waals surface area contributed by atoms with E-state index >= 15 is 0 Å². The lowest BCUT2D eigenvalue weighted by molar-refractivity contribution is -0.121. The van der Waals surface area contributed by atoms with Gasteiger partial charge in [-0.05, 0) is 23.4 Å². The normalized spacial score (nSPS) is 10.2. The van der Waals surface area contributed by atoms with E-state index in [-0.39, 0.29) is 12.4 Å². The van der Waals surface area contributed by atoms with Gasteiger partial charge in [-0.25, -0.2) is 9.18 Å². The molecule has 0 aliphatic rings. The van der Waals surface area contributed by atoms with E-state index in [2.05, 4.69) is 42.0 Å². The van der Waals surface area contributed by atoms with Gasteiger partial charge in [0.05, 0.1) is 0 Å². The summed E-state index contributed by atoms with van der Waals surface area (Å²) in [6.07, 6.45) is 0. The number of tetrazole rings is 1. The van der Waals surface area contributed by atoms with Crippen molar-refractivity contribution in [3.8, 4) is 11.4 Å². The highest BCUT2D eigenvalue weighted by molar-refractivity contribution is 9.10. The second-order valence-corrected chi connectivity index (χ2v) is 4.75. The lowest BCUT2D eigenvalue weighted by atomic mass is 10.2. The average molecular weight is 357 g/mol. The van der Waals surface area contributed by atoms with Gasteiger partial charge >= 0.3 is 6.03 Å². The molecule has 0 radical (unpaired) electrons. The maximum Gasteiger partial charge on any atom is 0.321 e. The first-order chi connectivity index (χ1) is 9.99. The Hall–Kier alpha value is -2.36. The molecule has 1 heterocycles. The highest BCUT2D eigenvalue weighted by Crippen LogP contribution is 2.25. The lowest BCUT2D eigenvalue weighted by Gasteiger charge is -2.01. The van der Waals surface area contributed by atoms with Gasteiger partial charge < -0.3 is 5.32 Å². The van der Waals surface area contributed by atoms with E-state index in [9.17, 15) is 14.0 Å². The van der Waals surface area contributed by atoms with Gasteiger partial charge in [-0.3, -0.25) is 10.1 Å². The average Bonchev–Trinajstić information content (AvgIpc) is 2.89. The number of carbonyl (C=O) groups is 2. The third-order valence-corrected chi connectivity index (χ3v) is 3.08. The molecule has 3 amide bonds. The number of nitrogens with one attached hydrogen (secondary N) is 2. The Morgan fingerprint density at radius 1 is 1.43 bits per heavy atom. The van der Waals surface area contributed by atoms with E-state index in [0.29, 0.717) is 10.0 Å². The third-order valence-electron chi connectivity index (χ3n) is 2.39. The molecule has 2 rings (SSSR count). The summed E-state index contributed by atoms with van der Waals surface area (Å²) in [5.74, 6) is -0.882. The van der Waals surface area contributed by atoms with Crippen LogP contribution in [0.25, 0.3) is 11.4 Å². The first-order valence-corrected chi connectivity index (χ1v) is 6.53. The van der Waals surface area contributed by atoms with Crippen LogP contribution in [0.2, 0.25) is 0 Å². The minimum Gasteiger partial charge on any atom is -0.341 e. The number of nitrogens with zero attached hydrogens (tertiary/aromatic N) is 4. The molecule has 0 saturated heterocycles. The molecular formula is C11H10BrFN6O2. The van der Waals surface area contributed by atoms with Gasteiger partial charge in [-0.15, -0.1) is 10.2 Å². The molecule has 0 fully saturated rings.